The third-order valence-corrected chi connectivity index (χ3v) is 8.99. The van der Waals surface area contributed by atoms with Gasteiger partial charge in [-0.3, -0.25) is 4.79 Å². The number of rotatable bonds is 8. The van der Waals surface area contributed by atoms with Crippen molar-refractivity contribution >= 4 is 40.2 Å². The van der Waals surface area contributed by atoms with Crippen molar-refractivity contribution in [3.8, 4) is 0 Å². The van der Waals surface area contributed by atoms with E-state index in [4.69, 9.17) is 9.47 Å². The van der Waals surface area contributed by atoms with E-state index < -0.39 is 48.6 Å². The second-order valence-corrected chi connectivity index (χ2v) is 11.4. The maximum absolute atomic E-state index is 12.8. The number of esters is 1. The fourth-order valence-electron chi connectivity index (χ4n) is 4.79. The van der Waals surface area contributed by atoms with Gasteiger partial charge in [0.15, 0.2) is 6.10 Å². The van der Waals surface area contributed by atoms with Gasteiger partial charge in [0, 0.05) is 28.4 Å². The van der Waals surface area contributed by atoms with Crippen LogP contribution in [0.25, 0.3) is 5.57 Å². The lowest BCUT2D eigenvalue weighted by molar-refractivity contribution is -0.287. The number of aryl methyl sites for hydroxylation is 2. The molecule has 0 amide bonds. The molecule has 37 heavy (non-hydrogen) atoms. The van der Waals surface area contributed by atoms with E-state index >= 15 is 0 Å². The van der Waals surface area contributed by atoms with Crippen LogP contribution in [0.2, 0.25) is 0 Å². The van der Waals surface area contributed by atoms with E-state index in [-0.39, 0.29) is 0 Å². The molecule has 202 valence electrons. The van der Waals surface area contributed by atoms with Gasteiger partial charge in [-0.2, -0.15) is 0 Å². The minimum absolute atomic E-state index is 0.467. The smallest absolute Gasteiger partial charge is 0.335 e. The van der Waals surface area contributed by atoms with Crippen LogP contribution in [0.4, 0.5) is 0 Å². The Kier molecular flexibility index (Phi) is 9.17. The van der Waals surface area contributed by atoms with E-state index in [9.17, 15) is 30.0 Å². The van der Waals surface area contributed by atoms with Crippen LogP contribution >= 0.6 is 22.7 Å². The van der Waals surface area contributed by atoms with Crippen LogP contribution in [0.5, 0.6) is 0 Å². The van der Waals surface area contributed by atoms with Crippen LogP contribution in [-0.4, -0.2) is 87.6 Å². The lowest BCUT2D eigenvalue weighted by atomic mass is 9.97. The zero-order valence-corrected chi connectivity index (χ0v) is 22.4. The molecule has 2 saturated heterocycles. The summed E-state index contributed by atoms with van der Waals surface area (Å²) < 4.78 is 10.4. The van der Waals surface area contributed by atoms with E-state index in [0.717, 1.165) is 25.9 Å². The van der Waals surface area contributed by atoms with Gasteiger partial charge in [0.05, 0.1) is 5.92 Å². The quantitative estimate of drug-likeness (QED) is 0.365. The first-order valence-corrected chi connectivity index (χ1v) is 14.1. The predicted molar refractivity (Wildman–Crippen MR) is 139 cm³/mol. The summed E-state index contributed by atoms with van der Waals surface area (Å²) in [6.45, 7) is 6.31. The van der Waals surface area contributed by atoms with Crippen LogP contribution < -0.4 is 0 Å². The molecule has 2 aliphatic heterocycles. The average Bonchev–Trinajstić information content (AvgIpc) is 3.50. The Balaban J connectivity index is 1.37. The van der Waals surface area contributed by atoms with Crippen LogP contribution in [-0.2, 0) is 19.1 Å². The molecule has 2 fully saturated rings. The van der Waals surface area contributed by atoms with Crippen LogP contribution in [0.3, 0.4) is 0 Å². The zero-order valence-electron chi connectivity index (χ0n) is 20.8. The minimum atomic E-state index is -1.83. The summed E-state index contributed by atoms with van der Waals surface area (Å²) in [5.41, 5.74) is 3.74. The van der Waals surface area contributed by atoms with Gasteiger partial charge in [-0.1, -0.05) is 6.08 Å². The van der Waals surface area contributed by atoms with Crippen molar-refractivity contribution < 1.29 is 39.5 Å². The van der Waals surface area contributed by atoms with Crippen LogP contribution in [0.15, 0.2) is 29.0 Å². The van der Waals surface area contributed by atoms with E-state index in [0.29, 0.717) is 13.0 Å². The van der Waals surface area contributed by atoms with Crippen molar-refractivity contribution in [3.63, 3.8) is 0 Å². The van der Waals surface area contributed by atoms with E-state index in [1.54, 1.807) is 22.7 Å². The Hall–Kier alpha value is -2.12. The summed E-state index contributed by atoms with van der Waals surface area (Å²) >= 11 is 3.47. The topological polar surface area (TPSA) is 137 Å². The summed E-state index contributed by atoms with van der Waals surface area (Å²) in [6, 6.07) is 4.26. The number of aliphatic carboxylic acids is 1. The maximum atomic E-state index is 12.8. The number of ether oxygens (including phenoxy) is 2. The lowest BCUT2D eigenvalue weighted by Crippen LogP contribution is -2.61. The number of nitrogens with zero attached hydrogens (tertiary/aromatic N) is 1. The molecular formula is C26H33NO8S2. The number of carboxylic acid groups (broad SMARTS) is 1. The van der Waals surface area contributed by atoms with Crippen molar-refractivity contribution in [2.45, 2.75) is 63.8 Å². The first-order chi connectivity index (χ1) is 17.7. The average molecular weight is 552 g/mol. The second kappa shape index (κ2) is 12.2. The van der Waals surface area contributed by atoms with E-state index in [1.165, 1.54) is 26.5 Å². The normalized spacial score (nSPS) is 28.6. The molecule has 0 radical (unpaired) electrons. The number of hydrogen-bond donors (Lipinski definition) is 4. The van der Waals surface area contributed by atoms with Crippen molar-refractivity contribution in [1.82, 2.24) is 4.90 Å². The molecule has 4 N–H and O–H groups in total. The largest absolute Gasteiger partial charge is 0.479 e. The molecule has 4 heterocycles. The Morgan fingerprint density at radius 3 is 2.30 bits per heavy atom. The first kappa shape index (κ1) is 27.9. The Morgan fingerprint density at radius 1 is 1.08 bits per heavy atom. The monoisotopic (exact) mass is 551 g/mol. The SMILES string of the molecule is Cc1ccsc1C(=CCCN1CCC[C@@H](C(=O)O[C@@H]2O[C@H](C(=O)O)[C@@H](O)[C@H](O)[C@H]2O)C1)c1sccc1C. The van der Waals surface area contributed by atoms with Crippen molar-refractivity contribution in [2.24, 2.45) is 5.92 Å². The van der Waals surface area contributed by atoms with E-state index in [2.05, 4.69) is 47.7 Å². The fourth-order valence-corrected chi connectivity index (χ4v) is 6.80. The Bertz CT molecular complexity index is 1090. The van der Waals surface area contributed by atoms with Gasteiger partial charge >= 0.3 is 11.9 Å². The molecule has 0 saturated carbocycles. The Labute approximate surface area is 223 Å². The molecule has 2 aliphatic rings. The van der Waals surface area contributed by atoms with Gasteiger partial charge < -0.3 is 34.8 Å². The minimum Gasteiger partial charge on any atom is -0.479 e. The fraction of sp³-hybridized carbons (Fsp3) is 0.538. The number of carbonyl (C=O) groups is 2. The summed E-state index contributed by atoms with van der Waals surface area (Å²) in [4.78, 5) is 28.9. The molecular weight excluding hydrogens is 518 g/mol. The lowest BCUT2D eigenvalue weighted by Gasteiger charge is -2.39. The molecule has 11 heteroatoms. The number of aliphatic hydroxyl groups excluding tert-OH is 3. The number of thiophene rings is 2. The second-order valence-electron chi connectivity index (χ2n) is 9.58. The highest BCUT2D eigenvalue weighted by molar-refractivity contribution is 7.14. The van der Waals surface area contributed by atoms with Gasteiger partial charge in [-0.25, -0.2) is 4.79 Å². The van der Waals surface area contributed by atoms with Crippen molar-refractivity contribution in [1.29, 1.82) is 0 Å². The molecule has 4 rings (SSSR count). The molecule has 2 aromatic heterocycles. The highest BCUT2D eigenvalue weighted by Crippen LogP contribution is 2.35. The molecule has 0 spiro atoms. The Morgan fingerprint density at radius 2 is 1.73 bits per heavy atom. The maximum Gasteiger partial charge on any atom is 0.335 e. The van der Waals surface area contributed by atoms with Crippen LogP contribution in [0, 0.1) is 19.8 Å². The molecule has 0 aromatic carbocycles. The predicted octanol–water partition coefficient (Wildman–Crippen LogP) is 2.40. The van der Waals surface area contributed by atoms with Gasteiger partial charge in [0.2, 0.25) is 6.29 Å². The molecule has 0 aliphatic carbocycles. The molecule has 2 aromatic rings. The highest BCUT2D eigenvalue weighted by atomic mass is 32.1. The number of likely N-dealkylation sites (tertiary alicyclic amines) is 1. The molecule has 6 atom stereocenters. The van der Waals surface area contributed by atoms with Crippen molar-refractivity contribution in [2.75, 3.05) is 19.6 Å². The molecule has 0 unspecified atom stereocenters. The van der Waals surface area contributed by atoms with Crippen LogP contribution in [0.1, 0.15) is 40.1 Å². The van der Waals surface area contributed by atoms with Gasteiger partial charge in [-0.15, -0.1) is 22.7 Å². The van der Waals surface area contributed by atoms with Gasteiger partial charge in [-0.05, 0) is 73.7 Å². The summed E-state index contributed by atoms with van der Waals surface area (Å²) in [7, 11) is 0. The number of piperidine rings is 1. The molecule has 0 bridgehead atoms. The third-order valence-electron chi connectivity index (χ3n) is 6.89. The standard InChI is InChI=1S/C26H33NO8S2/c1-14-7-11-36-22(14)17(23-15(2)8-12-37-23)6-4-10-27-9-3-5-16(13-27)25(33)35-26-20(30)18(28)19(29)21(34-26)24(31)32/h6-8,11-12,16,18-21,26,28-30H,3-5,9-10,13H2,1-2H3,(H,31,32)/t16-,18+,19+,20-,21+,26+/m1/s1. The number of hydrogen-bond acceptors (Lipinski definition) is 10. The first-order valence-electron chi connectivity index (χ1n) is 12.3. The summed E-state index contributed by atoms with van der Waals surface area (Å²) in [6.07, 6.45) is -4.41. The number of aliphatic hydroxyl groups is 3. The molecule has 9 nitrogen and oxygen atoms in total. The highest BCUT2D eigenvalue weighted by Gasteiger charge is 2.49. The zero-order chi connectivity index (χ0) is 26.7. The van der Waals surface area contributed by atoms with Crippen molar-refractivity contribution in [3.05, 3.63) is 49.9 Å². The number of carbonyl (C=O) groups excluding carboxylic acids is 1. The van der Waals surface area contributed by atoms with Gasteiger partial charge in [0.25, 0.3) is 0 Å². The van der Waals surface area contributed by atoms with Gasteiger partial charge in [0.1, 0.15) is 18.3 Å². The number of carboxylic acids is 1. The van der Waals surface area contributed by atoms with E-state index in [1.807, 2.05) is 0 Å². The summed E-state index contributed by atoms with van der Waals surface area (Å²) in [5, 5.41) is 43.3. The third kappa shape index (κ3) is 6.31. The summed E-state index contributed by atoms with van der Waals surface area (Å²) in [5.74, 6) is -2.62.